The summed E-state index contributed by atoms with van der Waals surface area (Å²) in [4.78, 5) is 17.7. The van der Waals surface area contributed by atoms with E-state index in [1.807, 2.05) is 30.3 Å². The fourth-order valence-electron chi connectivity index (χ4n) is 2.90. The lowest BCUT2D eigenvalue weighted by atomic mass is 9.99. The molecule has 126 valence electrons. The third-order valence-corrected chi connectivity index (χ3v) is 4.50. The number of nitrogens with zero attached hydrogens (tertiary/aromatic N) is 2. The monoisotopic (exact) mass is 345 g/mol. The van der Waals surface area contributed by atoms with Gasteiger partial charge in [0.25, 0.3) is 0 Å². The van der Waals surface area contributed by atoms with E-state index in [2.05, 4.69) is 9.88 Å². The van der Waals surface area contributed by atoms with Crippen molar-refractivity contribution in [2.24, 2.45) is 11.7 Å². The average Bonchev–Trinajstić information content (AvgIpc) is 2.61. The minimum atomic E-state index is -0.460. The molecule has 1 aliphatic rings. The normalized spacial score (nSPS) is 17.5. The number of carbonyl (C=O) groups is 1. The van der Waals surface area contributed by atoms with Crippen molar-refractivity contribution in [3.8, 4) is 5.75 Å². The standard InChI is InChI=1S/C18H20ClN3O2/c19-15-5-1-2-6-16(15)24-12-13-4-3-9-22(11-13)17-8-7-14(10-21-17)18(20)23/h1-2,5-8,10,13H,3-4,9,11-12H2,(H2,20,23). The molecule has 1 atom stereocenters. The SMILES string of the molecule is NC(=O)c1ccc(N2CCCC(COc3ccccc3Cl)C2)nc1. The predicted molar refractivity (Wildman–Crippen MR) is 94.6 cm³/mol. The van der Waals surface area contributed by atoms with Crippen LogP contribution in [0.2, 0.25) is 5.02 Å². The van der Waals surface area contributed by atoms with Crippen LogP contribution >= 0.6 is 11.6 Å². The van der Waals surface area contributed by atoms with E-state index in [1.165, 1.54) is 6.20 Å². The van der Waals surface area contributed by atoms with E-state index >= 15 is 0 Å². The summed E-state index contributed by atoms with van der Waals surface area (Å²) in [5, 5.41) is 0.633. The van der Waals surface area contributed by atoms with Gasteiger partial charge in [-0.3, -0.25) is 4.79 Å². The van der Waals surface area contributed by atoms with Crippen molar-refractivity contribution in [1.82, 2.24) is 4.98 Å². The number of piperidine rings is 1. The highest BCUT2D eigenvalue weighted by Crippen LogP contribution is 2.26. The number of anilines is 1. The van der Waals surface area contributed by atoms with Crippen LogP contribution in [0.3, 0.4) is 0 Å². The molecule has 2 N–H and O–H groups in total. The van der Waals surface area contributed by atoms with Crippen LogP contribution in [0.15, 0.2) is 42.6 Å². The zero-order chi connectivity index (χ0) is 16.9. The molecule has 1 saturated heterocycles. The lowest BCUT2D eigenvalue weighted by Gasteiger charge is -2.33. The first-order chi connectivity index (χ1) is 11.6. The zero-order valence-corrected chi connectivity index (χ0v) is 14.1. The van der Waals surface area contributed by atoms with E-state index in [0.29, 0.717) is 23.1 Å². The van der Waals surface area contributed by atoms with Gasteiger partial charge in [-0.2, -0.15) is 0 Å². The molecule has 1 unspecified atom stereocenters. The molecule has 0 spiro atoms. The van der Waals surface area contributed by atoms with E-state index < -0.39 is 5.91 Å². The van der Waals surface area contributed by atoms with Crippen molar-refractivity contribution in [2.75, 3.05) is 24.6 Å². The van der Waals surface area contributed by atoms with Crippen LogP contribution in [0.25, 0.3) is 0 Å². The first-order valence-corrected chi connectivity index (χ1v) is 8.39. The van der Waals surface area contributed by atoms with Gasteiger partial charge in [0.2, 0.25) is 5.91 Å². The lowest BCUT2D eigenvalue weighted by Crippen LogP contribution is -2.38. The van der Waals surface area contributed by atoms with Crippen LogP contribution in [-0.4, -0.2) is 30.6 Å². The van der Waals surface area contributed by atoms with E-state index in [9.17, 15) is 4.79 Å². The number of benzene rings is 1. The molecule has 1 amide bonds. The van der Waals surface area contributed by atoms with Crippen molar-refractivity contribution in [2.45, 2.75) is 12.8 Å². The summed E-state index contributed by atoms with van der Waals surface area (Å²) >= 11 is 6.12. The molecule has 5 nitrogen and oxygen atoms in total. The van der Waals surface area contributed by atoms with Crippen LogP contribution in [-0.2, 0) is 0 Å². The minimum Gasteiger partial charge on any atom is -0.492 e. The second-order valence-electron chi connectivity index (χ2n) is 5.97. The van der Waals surface area contributed by atoms with Crippen molar-refractivity contribution in [3.05, 3.63) is 53.2 Å². The van der Waals surface area contributed by atoms with Crippen LogP contribution < -0.4 is 15.4 Å². The van der Waals surface area contributed by atoms with Gasteiger partial charge < -0.3 is 15.4 Å². The van der Waals surface area contributed by atoms with Crippen molar-refractivity contribution < 1.29 is 9.53 Å². The molecule has 2 heterocycles. The Labute approximate surface area is 146 Å². The summed E-state index contributed by atoms with van der Waals surface area (Å²) in [6.45, 7) is 2.44. The number of primary amides is 1. The van der Waals surface area contributed by atoms with Crippen LogP contribution in [0.1, 0.15) is 23.2 Å². The number of nitrogens with two attached hydrogens (primary N) is 1. The van der Waals surface area contributed by atoms with E-state index in [1.54, 1.807) is 6.07 Å². The Kier molecular flexibility index (Phi) is 5.20. The Morgan fingerprint density at radius 1 is 1.33 bits per heavy atom. The lowest BCUT2D eigenvalue weighted by molar-refractivity contribution is 0.1000. The third kappa shape index (κ3) is 3.97. The Morgan fingerprint density at radius 2 is 2.17 bits per heavy atom. The van der Waals surface area contributed by atoms with Gasteiger partial charge in [0.15, 0.2) is 0 Å². The van der Waals surface area contributed by atoms with Crippen LogP contribution in [0.4, 0.5) is 5.82 Å². The highest BCUT2D eigenvalue weighted by molar-refractivity contribution is 6.32. The van der Waals surface area contributed by atoms with Gasteiger partial charge in [-0.15, -0.1) is 0 Å². The Balaban J connectivity index is 1.60. The number of hydrogen-bond acceptors (Lipinski definition) is 4. The van der Waals surface area contributed by atoms with Crippen LogP contribution in [0.5, 0.6) is 5.75 Å². The van der Waals surface area contributed by atoms with Crippen molar-refractivity contribution in [3.63, 3.8) is 0 Å². The highest BCUT2D eigenvalue weighted by atomic mass is 35.5. The van der Waals surface area contributed by atoms with Gasteiger partial charge in [-0.25, -0.2) is 4.98 Å². The maximum Gasteiger partial charge on any atom is 0.250 e. The molecule has 0 radical (unpaired) electrons. The van der Waals surface area contributed by atoms with Crippen molar-refractivity contribution >= 4 is 23.3 Å². The molecule has 3 rings (SSSR count). The van der Waals surface area contributed by atoms with E-state index in [-0.39, 0.29) is 0 Å². The molecule has 1 aromatic heterocycles. The number of carbonyl (C=O) groups excluding carboxylic acids is 1. The average molecular weight is 346 g/mol. The smallest absolute Gasteiger partial charge is 0.250 e. The molecule has 0 bridgehead atoms. The number of pyridine rings is 1. The molecule has 2 aromatic rings. The van der Waals surface area contributed by atoms with Gasteiger partial charge in [-0.1, -0.05) is 23.7 Å². The van der Waals surface area contributed by atoms with Crippen molar-refractivity contribution in [1.29, 1.82) is 0 Å². The largest absolute Gasteiger partial charge is 0.492 e. The van der Waals surface area contributed by atoms with E-state index in [4.69, 9.17) is 22.1 Å². The highest BCUT2D eigenvalue weighted by Gasteiger charge is 2.22. The van der Waals surface area contributed by atoms with Gasteiger partial charge >= 0.3 is 0 Å². The molecule has 24 heavy (non-hydrogen) atoms. The van der Waals surface area contributed by atoms with Gasteiger partial charge in [0, 0.05) is 25.2 Å². The molecule has 6 heteroatoms. The topological polar surface area (TPSA) is 68.5 Å². The first kappa shape index (κ1) is 16.6. The maximum absolute atomic E-state index is 11.1. The number of amides is 1. The molecule has 1 aliphatic heterocycles. The summed E-state index contributed by atoms with van der Waals surface area (Å²) in [5.74, 6) is 1.54. The minimum absolute atomic E-state index is 0.410. The Hall–Kier alpha value is -2.27. The van der Waals surface area contributed by atoms with Gasteiger partial charge in [-0.05, 0) is 37.1 Å². The first-order valence-electron chi connectivity index (χ1n) is 8.01. The summed E-state index contributed by atoms with van der Waals surface area (Å²) < 4.78 is 5.87. The quantitative estimate of drug-likeness (QED) is 0.904. The molecular formula is C18H20ClN3O2. The number of ether oxygens (including phenoxy) is 1. The fourth-order valence-corrected chi connectivity index (χ4v) is 3.09. The number of aromatic nitrogens is 1. The maximum atomic E-state index is 11.1. The van der Waals surface area contributed by atoms with Gasteiger partial charge in [0.05, 0.1) is 17.2 Å². The van der Waals surface area contributed by atoms with Gasteiger partial charge in [0.1, 0.15) is 11.6 Å². The second kappa shape index (κ2) is 7.53. The summed E-state index contributed by atoms with van der Waals surface area (Å²) in [7, 11) is 0. The number of para-hydroxylation sites is 1. The Bertz CT molecular complexity index is 706. The summed E-state index contributed by atoms with van der Waals surface area (Å²) in [5.41, 5.74) is 5.68. The predicted octanol–water partition coefficient (Wildman–Crippen LogP) is 3.13. The fraction of sp³-hybridized carbons (Fsp3) is 0.333. The summed E-state index contributed by atoms with van der Waals surface area (Å²) in [6, 6.07) is 11.1. The molecule has 1 aromatic carbocycles. The molecular weight excluding hydrogens is 326 g/mol. The van der Waals surface area contributed by atoms with E-state index in [0.717, 1.165) is 37.5 Å². The number of hydrogen-bond donors (Lipinski definition) is 1. The zero-order valence-electron chi connectivity index (χ0n) is 13.3. The second-order valence-corrected chi connectivity index (χ2v) is 6.37. The third-order valence-electron chi connectivity index (χ3n) is 4.19. The molecule has 0 aliphatic carbocycles. The Morgan fingerprint density at radius 3 is 2.88 bits per heavy atom. The number of halogens is 1. The van der Waals surface area contributed by atoms with Crippen LogP contribution in [0, 0.1) is 5.92 Å². The summed E-state index contributed by atoms with van der Waals surface area (Å²) in [6.07, 6.45) is 3.72. The number of rotatable bonds is 5. The molecule has 1 fully saturated rings. The molecule has 0 saturated carbocycles.